The lowest BCUT2D eigenvalue weighted by Crippen LogP contribution is -2.14. The van der Waals surface area contributed by atoms with E-state index >= 15 is 0 Å². The van der Waals surface area contributed by atoms with E-state index in [0.29, 0.717) is 4.88 Å². The van der Waals surface area contributed by atoms with Gasteiger partial charge in [0.2, 0.25) is 0 Å². The number of anilines is 1. The van der Waals surface area contributed by atoms with Crippen molar-refractivity contribution in [2.45, 2.75) is 11.4 Å². The monoisotopic (exact) mass is 304 g/mol. The standard InChI is InChI=1S/C11H10F2N2O2S2/c12-9-2-1-3-10(13)11(9)15-19(16,17)8-4-7(5-14)18-6-8/h1-4,6,15H,5,14H2. The first-order valence-electron chi connectivity index (χ1n) is 5.18. The minimum absolute atomic E-state index is 0.0689. The van der Waals surface area contributed by atoms with Crippen LogP contribution in [0.15, 0.2) is 34.5 Å². The molecule has 102 valence electrons. The minimum Gasteiger partial charge on any atom is -0.326 e. The number of benzene rings is 1. The maximum atomic E-state index is 13.4. The Hall–Kier alpha value is -1.51. The lowest BCUT2D eigenvalue weighted by molar-refractivity contribution is 0.583. The van der Waals surface area contributed by atoms with Crippen molar-refractivity contribution >= 4 is 27.0 Å². The highest BCUT2D eigenvalue weighted by Gasteiger charge is 2.20. The molecule has 0 bridgehead atoms. The van der Waals surface area contributed by atoms with E-state index in [-0.39, 0.29) is 11.4 Å². The Morgan fingerprint density at radius 3 is 2.42 bits per heavy atom. The fraction of sp³-hybridized carbons (Fsp3) is 0.0909. The lowest BCUT2D eigenvalue weighted by Gasteiger charge is -2.08. The van der Waals surface area contributed by atoms with Crippen molar-refractivity contribution in [3.8, 4) is 0 Å². The van der Waals surface area contributed by atoms with Gasteiger partial charge in [0.15, 0.2) is 0 Å². The Kier molecular flexibility index (Phi) is 3.83. The molecule has 2 rings (SSSR count). The van der Waals surface area contributed by atoms with Crippen molar-refractivity contribution < 1.29 is 17.2 Å². The van der Waals surface area contributed by atoms with E-state index in [2.05, 4.69) is 0 Å². The van der Waals surface area contributed by atoms with Crippen molar-refractivity contribution in [1.82, 2.24) is 0 Å². The number of nitrogens with two attached hydrogens (primary N) is 1. The first-order valence-corrected chi connectivity index (χ1v) is 7.54. The number of rotatable bonds is 4. The van der Waals surface area contributed by atoms with Crippen molar-refractivity contribution in [2.75, 3.05) is 4.72 Å². The molecular formula is C11H10F2N2O2S2. The number of hydrogen-bond acceptors (Lipinski definition) is 4. The van der Waals surface area contributed by atoms with E-state index < -0.39 is 27.3 Å². The molecule has 19 heavy (non-hydrogen) atoms. The molecule has 0 aliphatic carbocycles. The second-order valence-electron chi connectivity index (χ2n) is 3.66. The third kappa shape index (κ3) is 2.91. The van der Waals surface area contributed by atoms with Crippen LogP contribution in [-0.4, -0.2) is 8.42 Å². The first kappa shape index (κ1) is 13.9. The molecule has 0 saturated heterocycles. The average Bonchev–Trinajstić information content (AvgIpc) is 2.83. The van der Waals surface area contributed by atoms with Crippen LogP contribution in [0.5, 0.6) is 0 Å². The van der Waals surface area contributed by atoms with E-state index in [1.165, 1.54) is 11.4 Å². The van der Waals surface area contributed by atoms with E-state index in [1.807, 2.05) is 4.72 Å². The Bertz CT molecular complexity index is 678. The summed E-state index contributed by atoms with van der Waals surface area (Å²) in [5, 5.41) is 1.36. The fourth-order valence-corrected chi connectivity index (χ4v) is 3.63. The van der Waals surface area contributed by atoms with Gasteiger partial charge in [0, 0.05) is 16.8 Å². The molecule has 8 heteroatoms. The molecule has 0 radical (unpaired) electrons. The minimum atomic E-state index is -4.02. The zero-order valence-corrected chi connectivity index (χ0v) is 11.2. The van der Waals surface area contributed by atoms with Gasteiger partial charge in [-0.25, -0.2) is 17.2 Å². The summed E-state index contributed by atoms with van der Waals surface area (Å²) >= 11 is 1.16. The second-order valence-corrected chi connectivity index (χ2v) is 6.33. The van der Waals surface area contributed by atoms with E-state index in [4.69, 9.17) is 5.73 Å². The summed E-state index contributed by atoms with van der Waals surface area (Å²) in [5.41, 5.74) is 4.69. The number of thiophene rings is 1. The molecule has 0 aliphatic rings. The van der Waals surface area contributed by atoms with Crippen molar-refractivity contribution in [1.29, 1.82) is 0 Å². The van der Waals surface area contributed by atoms with Gasteiger partial charge in [-0.3, -0.25) is 4.72 Å². The summed E-state index contributed by atoms with van der Waals surface area (Å²) in [6, 6.07) is 4.46. The summed E-state index contributed by atoms with van der Waals surface area (Å²) in [5.74, 6) is -1.95. The highest BCUT2D eigenvalue weighted by atomic mass is 32.2. The molecule has 0 spiro atoms. The van der Waals surface area contributed by atoms with E-state index in [9.17, 15) is 17.2 Å². The second kappa shape index (κ2) is 5.24. The van der Waals surface area contributed by atoms with Gasteiger partial charge in [-0.05, 0) is 18.2 Å². The van der Waals surface area contributed by atoms with Gasteiger partial charge in [0.25, 0.3) is 10.0 Å². The van der Waals surface area contributed by atoms with Crippen LogP contribution in [-0.2, 0) is 16.6 Å². The van der Waals surface area contributed by atoms with Crippen LogP contribution < -0.4 is 10.5 Å². The largest absolute Gasteiger partial charge is 0.326 e. The summed E-state index contributed by atoms with van der Waals surface area (Å²) in [7, 11) is -4.02. The highest BCUT2D eigenvalue weighted by Crippen LogP contribution is 2.24. The SMILES string of the molecule is NCc1cc(S(=O)(=O)Nc2c(F)cccc2F)cs1. The Labute approximate surface area is 112 Å². The van der Waals surface area contributed by atoms with Gasteiger partial charge in [-0.15, -0.1) is 11.3 Å². The number of halogens is 2. The van der Waals surface area contributed by atoms with Crippen LogP contribution in [0.1, 0.15) is 4.88 Å². The lowest BCUT2D eigenvalue weighted by atomic mass is 10.3. The molecule has 0 saturated carbocycles. The van der Waals surface area contributed by atoms with Gasteiger partial charge in [-0.2, -0.15) is 0 Å². The summed E-state index contributed by atoms with van der Waals surface area (Å²) in [6.45, 7) is 0.203. The summed E-state index contributed by atoms with van der Waals surface area (Å²) in [4.78, 5) is 0.593. The Morgan fingerprint density at radius 2 is 1.89 bits per heavy atom. The molecule has 1 aromatic carbocycles. The number of hydrogen-bond donors (Lipinski definition) is 2. The molecule has 0 amide bonds. The molecule has 1 aromatic heterocycles. The third-order valence-corrected chi connectivity index (χ3v) is 4.78. The third-order valence-electron chi connectivity index (χ3n) is 2.34. The normalized spacial score (nSPS) is 11.5. The predicted octanol–water partition coefficient (Wildman–Crippen LogP) is 2.29. The molecule has 0 aliphatic heterocycles. The Balaban J connectivity index is 2.36. The van der Waals surface area contributed by atoms with Crippen LogP contribution in [0.3, 0.4) is 0 Å². The van der Waals surface area contributed by atoms with E-state index in [1.54, 1.807) is 0 Å². The van der Waals surface area contributed by atoms with Crippen molar-refractivity contribution in [3.63, 3.8) is 0 Å². The quantitative estimate of drug-likeness (QED) is 0.910. The van der Waals surface area contributed by atoms with Crippen molar-refractivity contribution in [2.24, 2.45) is 5.73 Å². The van der Waals surface area contributed by atoms with Gasteiger partial charge in [0.05, 0.1) is 4.90 Å². The van der Waals surface area contributed by atoms with Crippen LogP contribution in [0.2, 0.25) is 0 Å². The molecular weight excluding hydrogens is 294 g/mol. The van der Waals surface area contributed by atoms with E-state index in [0.717, 1.165) is 29.5 Å². The topological polar surface area (TPSA) is 72.2 Å². The maximum Gasteiger partial charge on any atom is 0.262 e. The van der Waals surface area contributed by atoms with Crippen LogP contribution in [0.4, 0.5) is 14.5 Å². The smallest absolute Gasteiger partial charge is 0.262 e. The van der Waals surface area contributed by atoms with Gasteiger partial charge in [0.1, 0.15) is 17.3 Å². The van der Waals surface area contributed by atoms with Crippen LogP contribution in [0.25, 0.3) is 0 Å². The summed E-state index contributed by atoms with van der Waals surface area (Å²) < 4.78 is 52.6. The highest BCUT2D eigenvalue weighted by molar-refractivity contribution is 7.92. The molecule has 1 heterocycles. The first-order chi connectivity index (χ1) is 8.94. The molecule has 0 fully saturated rings. The van der Waals surface area contributed by atoms with Gasteiger partial charge >= 0.3 is 0 Å². The van der Waals surface area contributed by atoms with Crippen molar-refractivity contribution in [3.05, 3.63) is 46.2 Å². The zero-order chi connectivity index (χ0) is 14.0. The van der Waals surface area contributed by atoms with Gasteiger partial charge in [-0.1, -0.05) is 6.07 Å². The summed E-state index contributed by atoms with van der Waals surface area (Å²) in [6.07, 6.45) is 0. The zero-order valence-electron chi connectivity index (χ0n) is 9.56. The maximum absolute atomic E-state index is 13.4. The molecule has 4 nitrogen and oxygen atoms in total. The Morgan fingerprint density at radius 1 is 1.26 bits per heavy atom. The van der Waals surface area contributed by atoms with Crippen LogP contribution >= 0.6 is 11.3 Å². The molecule has 3 N–H and O–H groups in total. The predicted molar refractivity (Wildman–Crippen MR) is 69.4 cm³/mol. The number of sulfonamides is 1. The fourth-order valence-electron chi connectivity index (χ4n) is 1.40. The molecule has 0 atom stereocenters. The molecule has 2 aromatic rings. The van der Waals surface area contributed by atoms with Gasteiger partial charge < -0.3 is 5.73 Å². The molecule has 0 unspecified atom stereocenters. The van der Waals surface area contributed by atoms with Crippen LogP contribution in [0, 0.1) is 11.6 Å². The number of para-hydroxylation sites is 1. The number of nitrogens with one attached hydrogen (secondary N) is 1. The average molecular weight is 304 g/mol.